The Kier molecular flexibility index (Phi) is 3.20. The van der Waals surface area contributed by atoms with Gasteiger partial charge in [0.1, 0.15) is 6.10 Å². The average molecular weight is 229 g/mol. The second kappa shape index (κ2) is 4.63. The number of rotatable bonds is 3. The molecule has 0 spiro atoms. The monoisotopic (exact) mass is 229 g/mol. The largest absolute Gasteiger partial charge is 0.374 e. The summed E-state index contributed by atoms with van der Waals surface area (Å²) < 4.78 is 5.03. The van der Waals surface area contributed by atoms with Crippen molar-refractivity contribution in [2.24, 2.45) is 0 Å². The summed E-state index contributed by atoms with van der Waals surface area (Å²) in [5.74, 6) is -0.00465. The average Bonchev–Trinajstić information content (AvgIpc) is 2.36. The van der Waals surface area contributed by atoms with E-state index in [1.165, 1.54) is 7.11 Å². The molecule has 1 aromatic carbocycles. The number of hydrogen-bond donors (Lipinski definition) is 0. The zero-order valence-electron chi connectivity index (χ0n) is 10.2. The number of aromatic nitrogens is 1. The van der Waals surface area contributed by atoms with Gasteiger partial charge in [0.05, 0.1) is 5.52 Å². The fourth-order valence-corrected chi connectivity index (χ4v) is 1.72. The van der Waals surface area contributed by atoms with Crippen molar-refractivity contribution in [3.8, 4) is 0 Å². The Morgan fingerprint density at radius 3 is 2.76 bits per heavy atom. The summed E-state index contributed by atoms with van der Waals surface area (Å²) in [6, 6.07) is 9.45. The lowest BCUT2D eigenvalue weighted by Gasteiger charge is -2.08. The van der Waals surface area contributed by atoms with Crippen molar-refractivity contribution < 1.29 is 9.53 Å². The predicted molar refractivity (Wildman–Crippen MR) is 67.3 cm³/mol. The molecular weight excluding hydrogens is 214 g/mol. The Balaban J connectivity index is 2.45. The first-order valence-electron chi connectivity index (χ1n) is 5.56. The maximum absolute atomic E-state index is 11.9. The minimum absolute atomic E-state index is 0.00465. The van der Waals surface area contributed by atoms with Gasteiger partial charge in [-0.2, -0.15) is 0 Å². The highest BCUT2D eigenvalue weighted by atomic mass is 16.5. The summed E-state index contributed by atoms with van der Waals surface area (Å²) in [5.41, 5.74) is 2.55. The molecule has 1 aromatic heterocycles. The molecule has 3 heteroatoms. The summed E-state index contributed by atoms with van der Waals surface area (Å²) in [6.07, 6.45) is -0.411. The third kappa shape index (κ3) is 2.34. The standard InChI is InChI=1S/C14H15NO2/c1-9-4-5-11-8-12(6-7-13(11)15-9)14(16)10(2)17-3/h4-8,10H,1-3H3. The van der Waals surface area contributed by atoms with Crippen molar-refractivity contribution in [2.45, 2.75) is 20.0 Å². The number of carbonyl (C=O) groups excluding carboxylic acids is 1. The molecule has 0 fully saturated rings. The summed E-state index contributed by atoms with van der Waals surface area (Å²) in [5, 5.41) is 0.977. The number of hydrogen-bond acceptors (Lipinski definition) is 3. The Hall–Kier alpha value is -1.74. The van der Waals surface area contributed by atoms with Gasteiger partial charge in [0.2, 0.25) is 0 Å². The second-order valence-corrected chi connectivity index (χ2v) is 4.10. The fraction of sp³-hybridized carbons (Fsp3) is 0.286. The molecule has 1 unspecified atom stereocenters. The van der Waals surface area contributed by atoms with Crippen LogP contribution in [0.2, 0.25) is 0 Å². The highest BCUT2D eigenvalue weighted by molar-refractivity contribution is 6.01. The van der Waals surface area contributed by atoms with Crippen LogP contribution < -0.4 is 0 Å². The maximum atomic E-state index is 11.9. The SMILES string of the molecule is COC(C)C(=O)c1ccc2nc(C)ccc2c1. The molecule has 0 bridgehead atoms. The van der Waals surface area contributed by atoms with Gasteiger partial charge in [-0.15, -0.1) is 0 Å². The molecule has 0 N–H and O–H groups in total. The van der Waals surface area contributed by atoms with Gasteiger partial charge in [-0.05, 0) is 38.1 Å². The summed E-state index contributed by atoms with van der Waals surface area (Å²) in [7, 11) is 1.54. The number of carbonyl (C=O) groups is 1. The molecule has 1 atom stereocenters. The molecule has 2 rings (SSSR count). The van der Waals surface area contributed by atoms with Gasteiger partial charge in [0.25, 0.3) is 0 Å². The van der Waals surface area contributed by atoms with Crippen LogP contribution in [0.3, 0.4) is 0 Å². The zero-order chi connectivity index (χ0) is 12.4. The molecule has 0 radical (unpaired) electrons. The van der Waals surface area contributed by atoms with E-state index in [-0.39, 0.29) is 5.78 Å². The van der Waals surface area contributed by atoms with Crippen LogP contribution in [-0.2, 0) is 4.74 Å². The molecule has 0 saturated heterocycles. The van der Waals surface area contributed by atoms with Crippen LogP contribution in [0.5, 0.6) is 0 Å². The van der Waals surface area contributed by atoms with Gasteiger partial charge in [0, 0.05) is 23.8 Å². The van der Waals surface area contributed by atoms with E-state index in [0.29, 0.717) is 5.56 Å². The van der Waals surface area contributed by atoms with E-state index in [9.17, 15) is 4.79 Å². The van der Waals surface area contributed by atoms with E-state index in [2.05, 4.69) is 4.98 Å². The van der Waals surface area contributed by atoms with Crippen molar-refractivity contribution in [3.05, 3.63) is 41.6 Å². The van der Waals surface area contributed by atoms with E-state index in [1.54, 1.807) is 13.0 Å². The number of nitrogens with zero attached hydrogens (tertiary/aromatic N) is 1. The molecule has 3 nitrogen and oxygen atoms in total. The van der Waals surface area contributed by atoms with Crippen molar-refractivity contribution in [3.63, 3.8) is 0 Å². The Bertz CT molecular complexity index is 563. The van der Waals surface area contributed by atoms with Gasteiger partial charge >= 0.3 is 0 Å². The number of ketones is 1. The number of benzene rings is 1. The highest BCUT2D eigenvalue weighted by Crippen LogP contribution is 2.16. The maximum Gasteiger partial charge on any atom is 0.191 e. The number of methoxy groups -OCH3 is 1. The number of fused-ring (bicyclic) bond motifs is 1. The van der Waals surface area contributed by atoms with Crippen molar-refractivity contribution in [1.29, 1.82) is 0 Å². The molecular formula is C14H15NO2. The summed E-state index contributed by atoms with van der Waals surface area (Å²) in [4.78, 5) is 16.3. The first kappa shape index (κ1) is 11.7. The lowest BCUT2D eigenvalue weighted by Crippen LogP contribution is -2.18. The van der Waals surface area contributed by atoms with Crippen LogP contribution in [-0.4, -0.2) is 24.0 Å². The predicted octanol–water partition coefficient (Wildman–Crippen LogP) is 2.76. The normalized spacial score (nSPS) is 12.6. The lowest BCUT2D eigenvalue weighted by atomic mass is 10.0. The van der Waals surface area contributed by atoms with E-state index in [0.717, 1.165) is 16.6 Å². The van der Waals surface area contributed by atoms with Gasteiger partial charge < -0.3 is 4.74 Å². The first-order chi connectivity index (χ1) is 8.11. The molecule has 0 aliphatic rings. The lowest BCUT2D eigenvalue weighted by molar-refractivity contribution is 0.0656. The number of pyridine rings is 1. The van der Waals surface area contributed by atoms with Crippen molar-refractivity contribution >= 4 is 16.7 Å². The number of aryl methyl sites for hydroxylation is 1. The van der Waals surface area contributed by atoms with Crippen LogP contribution >= 0.6 is 0 Å². The van der Waals surface area contributed by atoms with Crippen LogP contribution in [0.1, 0.15) is 23.0 Å². The molecule has 1 heterocycles. The van der Waals surface area contributed by atoms with E-state index >= 15 is 0 Å². The molecule has 0 aliphatic heterocycles. The topological polar surface area (TPSA) is 39.2 Å². The molecule has 88 valence electrons. The minimum atomic E-state index is -0.411. The van der Waals surface area contributed by atoms with Crippen LogP contribution in [0.4, 0.5) is 0 Å². The van der Waals surface area contributed by atoms with E-state index in [1.807, 2.05) is 31.2 Å². The summed E-state index contributed by atoms with van der Waals surface area (Å²) in [6.45, 7) is 3.70. The third-order valence-corrected chi connectivity index (χ3v) is 2.84. The minimum Gasteiger partial charge on any atom is -0.374 e. The highest BCUT2D eigenvalue weighted by Gasteiger charge is 2.14. The van der Waals surface area contributed by atoms with Gasteiger partial charge in [-0.3, -0.25) is 9.78 Å². The van der Waals surface area contributed by atoms with Gasteiger partial charge in [-0.25, -0.2) is 0 Å². The Morgan fingerprint density at radius 2 is 2.06 bits per heavy atom. The molecule has 2 aromatic rings. The van der Waals surface area contributed by atoms with Crippen molar-refractivity contribution in [2.75, 3.05) is 7.11 Å². The smallest absolute Gasteiger partial charge is 0.191 e. The van der Waals surface area contributed by atoms with Crippen LogP contribution in [0, 0.1) is 6.92 Å². The fourth-order valence-electron chi connectivity index (χ4n) is 1.72. The summed E-state index contributed by atoms with van der Waals surface area (Å²) >= 11 is 0. The quantitative estimate of drug-likeness (QED) is 0.760. The van der Waals surface area contributed by atoms with E-state index < -0.39 is 6.10 Å². The first-order valence-corrected chi connectivity index (χ1v) is 5.56. The second-order valence-electron chi connectivity index (χ2n) is 4.10. The molecule has 0 aliphatic carbocycles. The molecule has 0 amide bonds. The third-order valence-electron chi connectivity index (χ3n) is 2.84. The number of ether oxygens (including phenoxy) is 1. The molecule has 17 heavy (non-hydrogen) atoms. The molecule has 0 saturated carbocycles. The number of Topliss-reactive ketones (excluding diaryl/α,β-unsaturated/α-hetero) is 1. The van der Waals surface area contributed by atoms with Gasteiger partial charge in [-0.1, -0.05) is 6.07 Å². The van der Waals surface area contributed by atoms with Crippen LogP contribution in [0.25, 0.3) is 10.9 Å². The van der Waals surface area contributed by atoms with Crippen LogP contribution in [0.15, 0.2) is 30.3 Å². The zero-order valence-corrected chi connectivity index (χ0v) is 10.2. The van der Waals surface area contributed by atoms with Crippen molar-refractivity contribution in [1.82, 2.24) is 4.98 Å². The Morgan fingerprint density at radius 1 is 1.29 bits per heavy atom. The van der Waals surface area contributed by atoms with E-state index in [4.69, 9.17) is 4.74 Å². The Labute approximate surface area is 100 Å². The van der Waals surface area contributed by atoms with Gasteiger partial charge in [0.15, 0.2) is 5.78 Å².